The number of benzene rings is 1. The second-order valence-corrected chi connectivity index (χ2v) is 4.12. The van der Waals surface area contributed by atoms with Crippen molar-refractivity contribution in [2.45, 2.75) is 6.61 Å². The van der Waals surface area contributed by atoms with Crippen LogP contribution in [0.2, 0.25) is 0 Å². The molecule has 2 rings (SSSR count). The molecule has 0 saturated heterocycles. The second kappa shape index (κ2) is 4.42. The lowest BCUT2D eigenvalue weighted by Crippen LogP contribution is -1.81. The molecule has 0 aliphatic rings. The molecule has 0 unspecified atom stereocenters. The minimum Gasteiger partial charge on any atom is -0.497 e. The summed E-state index contributed by atoms with van der Waals surface area (Å²) in [6, 6.07) is 7.78. The van der Waals surface area contributed by atoms with Crippen LogP contribution in [0.1, 0.15) is 5.01 Å². The van der Waals surface area contributed by atoms with Crippen LogP contribution >= 0.6 is 11.3 Å². The van der Waals surface area contributed by atoms with Gasteiger partial charge in [0, 0.05) is 6.20 Å². The van der Waals surface area contributed by atoms with Crippen molar-refractivity contribution in [2.75, 3.05) is 7.11 Å². The van der Waals surface area contributed by atoms with E-state index in [4.69, 9.17) is 9.84 Å². The molecule has 0 saturated carbocycles. The van der Waals surface area contributed by atoms with Gasteiger partial charge in [-0.1, -0.05) is 0 Å². The monoisotopic (exact) mass is 221 g/mol. The van der Waals surface area contributed by atoms with Crippen molar-refractivity contribution in [2.24, 2.45) is 0 Å². The Bertz CT molecular complexity index is 436. The first-order valence-corrected chi connectivity index (χ1v) is 5.35. The molecule has 0 amide bonds. The van der Waals surface area contributed by atoms with E-state index in [1.807, 2.05) is 24.3 Å². The minimum atomic E-state index is 0.000815. The van der Waals surface area contributed by atoms with Gasteiger partial charge in [0.25, 0.3) is 0 Å². The van der Waals surface area contributed by atoms with Crippen molar-refractivity contribution in [3.05, 3.63) is 35.5 Å². The van der Waals surface area contributed by atoms with Gasteiger partial charge in [-0.15, -0.1) is 11.3 Å². The zero-order valence-electron chi connectivity index (χ0n) is 8.30. The van der Waals surface area contributed by atoms with E-state index in [9.17, 15) is 0 Å². The lowest BCUT2D eigenvalue weighted by molar-refractivity contribution is 0.281. The highest BCUT2D eigenvalue weighted by Crippen LogP contribution is 2.27. The molecule has 2 aromatic rings. The highest BCUT2D eigenvalue weighted by Gasteiger charge is 2.03. The summed E-state index contributed by atoms with van der Waals surface area (Å²) in [4.78, 5) is 5.15. The summed E-state index contributed by atoms with van der Waals surface area (Å²) in [6.45, 7) is 0.000815. The van der Waals surface area contributed by atoms with Crippen LogP contribution in [-0.4, -0.2) is 17.2 Å². The Hall–Kier alpha value is -1.39. The van der Waals surface area contributed by atoms with Crippen molar-refractivity contribution in [1.82, 2.24) is 4.98 Å². The van der Waals surface area contributed by atoms with E-state index in [2.05, 4.69) is 4.98 Å². The van der Waals surface area contributed by atoms with Crippen LogP contribution in [0.15, 0.2) is 30.5 Å². The fourth-order valence-electron chi connectivity index (χ4n) is 1.27. The van der Waals surface area contributed by atoms with Crippen LogP contribution < -0.4 is 4.74 Å². The van der Waals surface area contributed by atoms with Crippen LogP contribution in [0.4, 0.5) is 0 Å². The zero-order valence-corrected chi connectivity index (χ0v) is 9.12. The van der Waals surface area contributed by atoms with Crippen molar-refractivity contribution in [3.8, 4) is 16.2 Å². The minimum absolute atomic E-state index is 0.000815. The third kappa shape index (κ3) is 2.16. The largest absolute Gasteiger partial charge is 0.497 e. The Morgan fingerprint density at radius 2 is 2.07 bits per heavy atom. The number of nitrogens with zero attached hydrogens (tertiary/aromatic N) is 1. The van der Waals surface area contributed by atoms with Crippen LogP contribution in [0.3, 0.4) is 0 Å². The van der Waals surface area contributed by atoms with Crippen LogP contribution in [0, 0.1) is 0 Å². The number of hydrogen-bond donors (Lipinski definition) is 1. The molecule has 0 aliphatic heterocycles. The molecule has 0 bridgehead atoms. The molecule has 3 nitrogen and oxygen atoms in total. The van der Waals surface area contributed by atoms with Gasteiger partial charge in [0.15, 0.2) is 0 Å². The van der Waals surface area contributed by atoms with Gasteiger partial charge in [0.1, 0.15) is 10.8 Å². The predicted molar refractivity (Wildman–Crippen MR) is 60.0 cm³/mol. The average molecular weight is 221 g/mol. The number of methoxy groups -OCH3 is 1. The van der Waals surface area contributed by atoms with Gasteiger partial charge in [-0.05, 0) is 29.8 Å². The summed E-state index contributed by atoms with van der Waals surface area (Å²) in [6.07, 6.45) is 1.78. The molecule has 15 heavy (non-hydrogen) atoms. The second-order valence-electron chi connectivity index (χ2n) is 3.00. The van der Waals surface area contributed by atoms with Gasteiger partial charge in [0.2, 0.25) is 0 Å². The smallest absolute Gasteiger partial charge is 0.119 e. The van der Waals surface area contributed by atoms with Crippen LogP contribution in [0.25, 0.3) is 10.4 Å². The lowest BCUT2D eigenvalue weighted by Gasteiger charge is -2.00. The first-order chi connectivity index (χ1) is 7.33. The Morgan fingerprint density at radius 3 is 2.60 bits per heavy atom. The molecule has 1 N–H and O–H groups in total. The molecular weight excluding hydrogens is 210 g/mol. The van der Waals surface area contributed by atoms with E-state index in [0.717, 1.165) is 21.2 Å². The highest BCUT2D eigenvalue weighted by molar-refractivity contribution is 7.15. The molecule has 0 spiro atoms. The number of aliphatic hydroxyl groups is 1. The normalized spacial score (nSPS) is 10.3. The summed E-state index contributed by atoms with van der Waals surface area (Å²) in [5.41, 5.74) is 1.09. The first kappa shape index (κ1) is 10.1. The fraction of sp³-hybridized carbons (Fsp3) is 0.182. The van der Waals surface area contributed by atoms with Gasteiger partial charge < -0.3 is 9.84 Å². The summed E-state index contributed by atoms with van der Waals surface area (Å²) in [5.74, 6) is 0.839. The molecule has 0 radical (unpaired) electrons. The topological polar surface area (TPSA) is 42.4 Å². The van der Waals surface area contributed by atoms with Crippen molar-refractivity contribution in [3.63, 3.8) is 0 Å². The number of aliphatic hydroxyl groups excluding tert-OH is 1. The Balaban J connectivity index is 2.28. The van der Waals surface area contributed by atoms with E-state index in [0.29, 0.717) is 0 Å². The highest BCUT2D eigenvalue weighted by atomic mass is 32.1. The van der Waals surface area contributed by atoms with Gasteiger partial charge in [-0.25, -0.2) is 4.98 Å². The number of ether oxygens (including phenoxy) is 1. The summed E-state index contributed by atoms with van der Waals surface area (Å²) in [7, 11) is 1.64. The number of hydrogen-bond acceptors (Lipinski definition) is 4. The maximum atomic E-state index is 8.91. The Morgan fingerprint density at radius 1 is 1.33 bits per heavy atom. The molecular formula is C11H11NO2S. The fourth-order valence-corrected chi connectivity index (χ4v) is 2.06. The van der Waals surface area contributed by atoms with E-state index in [1.54, 1.807) is 13.3 Å². The maximum Gasteiger partial charge on any atom is 0.119 e. The Kier molecular flexibility index (Phi) is 2.99. The lowest BCUT2D eigenvalue weighted by atomic mass is 10.2. The molecule has 0 atom stereocenters. The zero-order chi connectivity index (χ0) is 10.7. The number of rotatable bonds is 3. The Labute approximate surface area is 92.0 Å². The third-order valence-corrected chi connectivity index (χ3v) is 3.09. The molecule has 0 aliphatic carbocycles. The van der Waals surface area contributed by atoms with Crippen LogP contribution in [0.5, 0.6) is 5.75 Å². The van der Waals surface area contributed by atoms with E-state index in [-0.39, 0.29) is 6.61 Å². The SMILES string of the molecule is COc1ccc(-c2cnc(CO)s2)cc1. The molecule has 4 heteroatoms. The molecule has 0 fully saturated rings. The summed E-state index contributed by atoms with van der Waals surface area (Å²) in [5, 5.41) is 9.64. The van der Waals surface area contributed by atoms with Crippen LogP contribution in [-0.2, 0) is 6.61 Å². The average Bonchev–Trinajstić information content (AvgIpc) is 2.78. The standard InChI is InChI=1S/C11H11NO2S/c1-14-9-4-2-8(3-5-9)10-6-12-11(7-13)15-10/h2-6,13H,7H2,1H3. The van der Waals surface area contributed by atoms with Crippen molar-refractivity contribution >= 4 is 11.3 Å². The van der Waals surface area contributed by atoms with Gasteiger partial charge >= 0.3 is 0 Å². The maximum absolute atomic E-state index is 8.91. The summed E-state index contributed by atoms with van der Waals surface area (Å²) >= 11 is 1.50. The van der Waals surface area contributed by atoms with Gasteiger partial charge in [-0.2, -0.15) is 0 Å². The molecule has 78 valence electrons. The van der Waals surface area contributed by atoms with Gasteiger partial charge in [0.05, 0.1) is 18.6 Å². The first-order valence-electron chi connectivity index (χ1n) is 4.53. The third-order valence-electron chi connectivity index (χ3n) is 2.06. The van der Waals surface area contributed by atoms with E-state index >= 15 is 0 Å². The van der Waals surface area contributed by atoms with Crippen molar-refractivity contribution in [1.29, 1.82) is 0 Å². The predicted octanol–water partition coefficient (Wildman–Crippen LogP) is 2.31. The molecule has 1 aromatic heterocycles. The van der Waals surface area contributed by atoms with Gasteiger partial charge in [-0.3, -0.25) is 0 Å². The summed E-state index contributed by atoms with van der Waals surface area (Å²) < 4.78 is 5.08. The van der Waals surface area contributed by atoms with Crippen molar-refractivity contribution < 1.29 is 9.84 Å². The molecule has 1 heterocycles. The number of thiazole rings is 1. The molecule has 1 aromatic carbocycles. The van der Waals surface area contributed by atoms with E-state index in [1.165, 1.54) is 11.3 Å². The quantitative estimate of drug-likeness (QED) is 0.864. The van der Waals surface area contributed by atoms with E-state index < -0.39 is 0 Å². The number of aromatic nitrogens is 1.